The lowest BCUT2D eigenvalue weighted by Crippen LogP contribution is -2.46. The summed E-state index contributed by atoms with van der Waals surface area (Å²) in [5.74, 6) is 0. The molecule has 0 aliphatic rings. The molecule has 0 aliphatic heterocycles. The minimum absolute atomic E-state index is 0.557. The molecule has 17 heavy (non-hydrogen) atoms. The van der Waals surface area contributed by atoms with E-state index in [1.165, 1.54) is 25.4 Å². The number of carbonyl (C=O) groups is 2. The van der Waals surface area contributed by atoms with E-state index in [-0.39, 0.29) is 0 Å². The van der Waals surface area contributed by atoms with Gasteiger partial charge in [-0.25, -0.2) is 14.5 Å². The van der Waals surface area contributed by atoms with Gasteiger partial charge in [0.05, 0.1) is 0 Å². The Morgan fingerprint density at radius 3 is 2.65 bits per heavy atom. The Labute approximate surface area is 103 Å². The molecule has 1 aromatic heterocycles. The molecule has 1 heterocycles. The van der Waals surface area contributed by atoms with Crippen molar-refractivity contribution in [2.24, 2.45) is 0 Å². The van der Waals surface area contributed by atoms with Crippen molar-refractivity contribution in [1.82, 2.24) is 15.5 Å². The Morgan fingerprint density at radius 2 is 2.18 bits per heavy atom. The van der Waals surface area contributed by atoms with Crippen molar-refractivity contribution >= 4 is 29.7 Å². The second-order valence-corrected chi connectivity index (χ2v) is 4.11. The first-order valence-electron chi connectivity index (χ1n) is 4.77. The van der Waals surface area contributed by atoms with Crippen molar-refractivity contribution in [1.29, 1.82) is 0 Å². The van der Waals surface area contributed by atoms with Crippen LogP contribution in [0.15, 0.2) is 17.5 Å². The van der Waals surface area contributed by atoms with E-state index in [1.807, 2.05) is 0 Å². The van der Waals surface area contributed by atoms with Gasteiger partial charge in [0.2, 0.25) is 6.29 Å². The van der Waals surface area contributed by atoms with Crippen LogP contribution < -0.4 is 10.6 Å². The normalized spacial score (nSPS) is 11.4. The summed E-state index contributed by atoms with van der Waals surface area (Å²) >= 11 is 1.33. The van der Waals surface area contributed by atoms with Crippen LogP contribution in [-0.2, 0) is 4.79 Å². The van der Waals surface area contributed by atoms with E-state index in [0.717, 1.165) is 4.90 Å². The number of rotatable bonds is 3. The van der Waals surface area contributed by atoms with Crippen molar-refractivity contribution in [3.63, 3.8) is 0 Å². The number of nitrogens with zero attached hydrogens (tertiary/aromatic N) is 1. The highest BCUT2D eigenvalue weighted by atomic mass is 32.1. The molecule has 1 atom stereocenters. The second kappa shape index (κ2) is 6.00. The van der Waals surface area contributed by atoms with E-state index in [0.29, 0.717) is 4.88 Å². The van der Waals surface area contributed by atoms with Gasteiger partial charge < -0.3 is 10.6 Å². The highest BCUT2D eigenvalue weighted by Crippen LogP contribution is 2.17. The van der Waals surface area contributed by atoms with Gasteiger partial charge in [0, 0.05) is 19.0 Å². The van der Waals surface area contributed by atoms with Crippen LogP contribution in [0.1, 0.15) is 10.9 Å². The highest BCUT2D eigenvalue weighted by Gasteiger charge is 2.21. The zero-order chi connectivity index (χ0) is 12.8. The van der Waals surface area contributed by atoms with Gasteiger partial charge in [0.1, 0.15) is 6.04 Å². The van der Waals surface area contributed by atoms with Crippen molar-refractivity contribution in [2.75, 3.05) is 14.1 Å². The summed E-state index contributed by atoms with van der Waals surface area (Å²) in [5, 5.41) is 6.48. The molecule has 0 bridgehead atoms. The van der Waals surface area contributed by atoms with E-state index in [2.05, 4.69) is 10.6 Å². The lowest BCUT2D eigenvalue weighted by molar-refractivity contribution is 0.194. The van der Waals surface area contributed by atoms with Gasteiger partial charge in [-0.05, 0) is 11.4 Å². The molecule has 0 fully saturated rings. The van der Waals surface area contributed by atoms with Crippen molar-refractivity contribution < 1.29 is 14.4 Å². The Balaban J connectivity index is 2.66. The molecule has 0 saturated heterocycles. The summed E-state index contributed by atoms with van der Waals surface area (Å²) in [4.78, 5) is 35.0. The molecule has 91 valence electrons. The average Bonchev–Trinajstić information content (AvgIpc) is 2.87. The molecule has 1 unspecified atom stereocenters. The molecule has 1 rings (SSSR count). The lowest BCUT2D eigenvalue weighted by Gasteiger charge is -2.17. The van der Waals surface area contributed by atoms with Crippen molar-refractivity contribution in [2.45, 2.75) is 6.04 Å². The predicted octanol–water partition coefficient (Wildman–Crippen LogP) is 0.880. The average molecular weight is 254 g/mol. The number of hydrogen-bond donors (Lipinski definition) is 2. The third kappa shape index (κ3) is 3.28. The summed E-state index contributed by atoms with van der Waals surface area (Å²) < 4.78 is 0. The van der Waals surface area contributed by atoms with Gasteiger partial charge in [0.15, 0.2) is 0 Å². The molecule has 0 aromatic carbocycles. The molecule has 2 N–H and O–H groups in total. The minimum Gasteiger partial charge on any atom is -0.341 e. The lowest BCUT2D eigenvalue weighted by atomic mass is 10.3. The van der Waals surface area contributed by atoms with Crippen LogP contribution in [0, 0.1) is 0 Å². The Morgan fingerprint density at radius 1 is 1.47 bits per heavy atom. The van der Waals surface area contributed by atoms with E-state index < -0.39 is 18.1 Å². The second-order valence-electron chi connectivity index (χ2n) is 3.13. The van der Waals surface area contributed by atoms with Gasteiger partial charge in [0.25, 0.3) is 0 Å². The summed E-state index contributed by atoms with van der Waals surface area (Å²) in [6, 6.07) is 1.40. The quantitative estimate of drug-likeness (QED) is 0.840. The van der Waals surface area contributed by atoms with Gasteiger partial charge in [-0.2, -0.15) is 0 Å². The van der Waals surface area contributed by atoms with Crippen LogP contribution in [0.3, 0.4) is 0 Å². The maximum absolute atomic E-state index is 11.6. The number of imide groups is 1. The van der Waals surface area contributed by atoms with Crippen LogP contribution in [0.2, 0.25) is 0 Å². The van der Waals surface area contributed by atoms with E-state index >= 15 is 0 Å². The smallest absolute Gasteiger partial charge is 0.326 e. The topological polar surface area (TPSA) is 78.5 Å². The number of urea groups is 2. The Hall–Kier alpha value is -1.89. The first kappa shape index (κ1) is 13.2. The molecule has 0 spiro atoms. The molecular weight excluding hydrogens is 242 g/mol. The molecular formula is C10H12N3O3S. The zero-order valence-corrected chi connectivity index (χ0v) is 10.2. The molecule has 7 heteroatoms. The summed E-state index contributed by atoms with van der Waals surface area (Å²) in [6.07, 6.45) is 1.72. The number of thiophene rings is 1. The first-order chi connectivity index (χ1) is 8.10. The molecule has 0 aliphatic carbocycles. The maximum Gasteiger partial charge on any atom is 0.326 e. The van der Waals surface area contributed by atoms with Gasteiger partial charge in [-0.15, -0.1) is 11.3 Å². The summed E-state index contributed by atoms with van der Waals surface area (Å²) in [7, 11) is 2.72. The Bertz CT molecular complexity index is 405. The molecule has 1 radical (unpaired) electrons. The van der Waals surface area contributed by atoms with Crippen LogP contribution in [0.25, 0.3) is 0 Å². The molecule has 4 amide bonds. The van der Waals surface area contributed by atoms with Crippen molar-refractivity contribution in [3.05, 3.63) is 22.4 Å². The van der Waals surface area contributed by atoms with Crippen LogP contribution >= 0.6 is 11.3 Å². The predicted molar refractivity (Wildman–Crippen MR) is 63.5 cm³/mol. The standard InChI is InChI=1S/C10H12N3O3S/c1-11-9(15)13(2)10(16)12-7(6-14)8-4-3-5-17-8/h3-5,7H,1-2H3,(H,11,15)(H,12,16). The fourth-order valence-electron chi connectivity index (χ4n) is 1.09. The third-order valence-corrected chi connectivity index (χ3v) is 2.97. The summed E-state index contributed by atoms with van der Waals surface area (Å²) in [6.45, 7) is 0. The fourth-order valence-corrected chi connectivity index (χ4v) is 1.81. The SMILES string of the molecule is CNC(=O)N(C)C(=O)NC([C]=O)c1cccs1. The third-order valence-electron chi connectivity index (χ3n) is 2.04. The zero-order valence-electron chi connectivity index (χ0n) is 9.39. The molecule has 1 aromatic rings. The largest absolute Gasteiger partial charge is 0.341 e. The van der Waals surface area contributed by atoms with Crippen LogP contribution in [-0.4, -0.2) is 37.3 Å². The number of amides is 4. The highest BCUT2D eigenvalue weighted by molar-refractivity contribution is 7.10. The van der Waals surface area contributed by atoms with E-state index in [9.17, 15) is 14.4 Å². The summed E-state index contributed by atoms with van der Waals surface area (Å²) in [5.41, 5.74) is 0. The maximum atomic E-state index is 11.6. The van der Waals surface area contributed by atoms with E-state index in [4.69, 9.17) is 0 Å². The molecule has 0 saturated carbocycles. The van der Waals surface area contributed by atoms with Crippen molar-refractivity contribution in [3.8, 4) is 0 Å². The Kier molecular flexibility index (Phi) is 4.65. The minimum atomic E-state index is -0.852. The van der Waals surface area contributed by atoms with Crippen LogP contribution in [0.5, 0.6) is 0 Å². The number of hydrogen-bond acceptors (Lipinski definition) is 4. The van der Waals surface area contributed by atoms with Gasteiger partial charge in [-0.1, -0.05) is 6.07 Å². The van der Waals surface area contributed by atoms with Crippen LogP contribution in [0.4, 0.5) is 9.59 Å². The first-order valence-corrected chi connectivity index (χ1v) is 5.65. The number of nitrogens with one attached hydrogen (secondary N) is 2. The monoisotopic (exact) mass is 254 g/mol. The van der Waals surface area contributed by atoms with E-state index in [1.54, 1.807) is 23.8 Å². The van der Waals surface area contributed by atoms with Gasteiger partial charge in [-0.3, -0.25) is 4.79 Å². The molecule has 6 nitrogen and oxygen atoms in total. The van der Waals surface area contributed by atoms with Gasteiger partial charge >= 0.3 is 12.1 Å². The number of carbonyl (C=O) groups excluding carboxylic acids is 3. The fraction of sp³-hybridized carbons (Fsp3) is 0.300.